The first-order valence-corrected chi connectivity index (χ1v) is 8.64. The van der Waals surface area contributed by atoms with E-state index in [1.54, 1.807) is 24.3 Å². The minimum atomic E-state index is -0.572. The van der Waals surface area contributed by atoms with E-state index in [-0.39, 0.29) is 11.9 Å². The van der Waals surface area contributed by atoms with Gasteiger partial charge in [-0.05, 0) is 57.2 Å². The summed E-state index contributed by atoms with van der Waals surface area (Å²) in [5, 5.41) is 0. The maximum absolute atomic E-state index is 12.6. The fraction of sp³-hybridized carbons (Fsp3) is 0.263. The molecule has 132 valence electrons. The van der Waals surface area contributed by atoms with Gasteiger partial charge in [-0.3, -0.25) is 4.79 Å². The third kappa shape index (κ3) is 5.06. The summed E-state index contributed by atoms with van der Waals surface area (Å²) >= 11 is 3.35. The summed E-state index contributed by atoms with van der Waals surface area (Å²) in [5.74, 6) is 0.442. The van der Waals surface area contributed by atoms with Gasteiger partial charge in [0.05, 0.1) is 12.7 Å². The highest BCUT2D eigenvalue weighted by molar-refractivity contribution is 9.10. The first kappa shape index (κ1) is 19.0. The molecule has 0 radical (unpaired) electrons. The van der Waals surface area contributed by atoms with Crippen molar-refractivity contribution >= 4 is 28.2 Å². The number of ether oxygens (including phenoxy) is 3. The molecule has 0 heterocycles. The quantitative estimate of drug-likeness (QED) is 0.379. The molecule has 2 rings (SSSR count). The second kappa shape index (κ2) is 8.67. The molecule has 6 heteroatoms. The van der Waals surface area contributed by atoms with Crippen LogP contribution in [0.2, 0.25) is 0 Å². The Morgan fingerprint density at radius 2 is 1.84 bits per heavy atom. The van der Waals surface area contributed by atoms with E-state index in [2.05, 4.69) is 15.9 Å². The number of esters is 1. The lowest BCUT2D eigenvalue weighted by molar-refractivity contribution is 0.0722. The number of carbonyl (C=O) groups is 2. The average molecular weight is 407 g/mol. The highest BCUT2D eigenvalue weighted by Gasteiger charge is 2.19. The third-order valence-electron chi connectivity index (χ3n) is 3.13. The average Bonchev–Trinajstić information content (AvgIpc) is 2.57. The summed E-state index contributed by atoms with van der Waals surface area (Å²) < 4.78 is 17.3. The predicted molar refractivity (Wildman–Crippen MR) is 97.9 cm³/mol. The van der Waals surface area contributed by atoms with E-state index in [1.165, 1.54) is 12.1 Å². The van der Waals surface area contributed by atoms with Gasteiger partial charge in [0.15, 0.2) is 11.5 Å². The van der Waals surface area contributed by atoms with Crippen LogP contribution in [0.5, 0.6) is 17.2 Å². The molecule has 5 nitrogen and oxygen atoms in total. The first-order valence-electron chi connectivity index (χ1n) is 7.85. The normalized spacial score (nSPS) is 10.4. The van der Waals surface area contributed by atoms with Crippen molar-refractivity contribution in [2.75, 3.05) is 6.61 Å². The molecular weight excluding hydrogens is 388 g/mol. The fourth-order valence-corrected chi connectivity index (χ4v) is 2.48. The zero-order valence-corrected chi connectivity index (χ0v) is 15.8. The molecule has 0 aromatic heterocycles. The van der Waals surface area contributed by atoms with Crippen LogP contribution in [0, 0.1) is 0 Å². The van der Waals surface area contributed by atoms with Crippen molar-refractivity contribution in [1.29, 1.82) is 0 Å². The lowest BCUT2D eigenvalue weighted by Crippen LogP contribution is -2.14. The molecule has 0 amide bonds. The van der Waals surface area contributed by atoms with Gasteiger partial charge < -0.3 is 14.2 Å². The molecule has 2 aromatic rings. The zero-order chi connectivity index (χ0) is 18.4. The van der Waals surface area contributed by atoms with Crippen LogP contribution < -0.4 is 14.2 Å². The van der Waals surface area contributed by atoms with Gasteiger partial charge in [-0.25, -0.2) is 4.79 Å². The van der Waals surface area contributed by atoms with E-state index in [1.807, 2.05) is 20.8 Å². The van der Waals surface area contributed by atoms with Crippen LogP contribution in [0.4, 0.5) is 0 Å². The molecule has 0 aliphatic rings. The van der Waals surface area contributed by atoms with Gasteiger partial charge in [0.1, 0.15) is 17.6 Å². The molecule has 25 heavy (non-hydrogen) atoms. The molecular formula is C19H19BrO5. The van der Waals surface area contributed by atoms with Crippen molar-refractivity contribution < 1.29 is 23.8 Å². The number of carbonyl (C=O) groups excluding carboxylic acids is 2. The standard InChI is InChI=1S/C19H19BrO5/c1-4-23-18-9-13(11-21)5-7-17(18)25-19(22)15-10-14(20)6-8-16(15)24-12(2)3/h5-12H,4H2,1-3H3. The van der Waals surface area contributed by atoms with Crippen molar-refractivity contribution in [2.45, 2.75) is 26.9 Å². The Kier molecular flexibility index (Phi) is 6.58. The molecule has 0 saturated carbocycles. The second-order valence-electron chi connectivity index (χ2n) is 5.45. The van der Waals surface area contributed by atoms with Crippen LogP contribution in [0.15, 0.2) is 40.9 Å². The third-order valence-corrected chi connectivity index (χ3v) is 3.62. The number of rotatable bonds is 7. The van der Waals surface area contributed by atoms with Crippen molar-refractivity contribution in [3.05, 3.63) is 52.0 Å². The maximum atomic E-state index is 12.6. The lowest BCUT2D eigenvalue weighted by atomic mass is 10.2. The Hall–Kier alpha value is -2.34. The molecule has 0 unspecified atom stereocenters. The Bertz CT molecular complexity index is 770. The summed E-state index contributed by atoms with van der Waals surface area (Å²) in [5.41, 5.74) is 0.736. The Balaban J connectivity index is 2.33. The van der Waals surface area contributed by atoms with E-state index < -0.39 is 5.97 Å². The van der Waals surface area contributed by atoms with Gasteiger partial charge in [-0.1, -0.05) is 15.9 Å². The SMILES string of the molecule is CCOc1cc(C=O)ccc1OC(=O)c1cc(Br)ccc1OC(C)C. The van der Waals surface area contributed by atoms with Gasteiger partial charge in [0.2, 0.25) is 0 Å². The highest BCUT2D eigenvalue weighted by Crippen LogP contribution is 2.31. The van der Waals surface area contributed by atoms with Crippen LogP contribution in [0.1, 0.15) is 41.5 Å². The number of hydrogen-bond donors (Lipinski definition) is 0. The minimum absolute atomic E-state index is 0.0846. The molecule has 2 aromatic carbocycles. The molecule has 0 aliphatic heterocycles. The largest absolute Gasteiger partial charge is 0.490 e. The maximum Gasteiger partial charge on any atom is 0.347 e. The van der Waals surface area contributed by atoms with E-state index in [0.717, 1.165) is 4.47 Å². The minimum Gasteiger partial charge on any atom is -0.490 e. The van der Waals surface area contributed by atoms with E-state index in [9.17, 15) is 9.59 Å². The van der Waals surface area contributed by atoms with Crippen LogP contribution in [-0.2, 0) is 0 Å². The van der Waals surface area contributed by atoms with Gasteiger partial charge >= 0.3 is 5.97 Å². The second-order valence-corrected chi connectivity index (χ2v) is 6.37. The van der Waals surface area contributed by atoms with Crippen molar-refractivity contribution in [2.24, 2.45) is 0 Å². The Labute approximate surface area is 155 Å². The molecule has 0 N–H and O–H groups in total. The highest BCUT2D eigenvalue weighted by atomic mass is 79.9. The van der Waals surface area contributed by atoms with Crippen LogP contribution in [0.3, 0.4) is 0 Å². The van der Waals surface area contributed by atoms with Gasteiger partial charge in [0, 0.05) is 10.0 Å². The number of aldehydes is 1. The van der Waals surface area contributed by atoms with Crippen molar-refractivity contribution in [1.82, 2.24) is 0 Å². The summed E-state index contributed by atoms with van der Waals surface area (Å²) in [4.78, 5) is 23.5. The van der Waals surface area contributed by atoms with Crippen LogP contribution >= 0.6 is 15.9 Å². The molecule has 0 spiro atoms. The van der Waals surface area contributed by atoms with Gasteiger partial charge in [-0.2, -0.15) is 0 Å². The lowest BCUT2D eigenvalue weighted by Gasteiger charge is -2.15. The summed E-state index contributed by atoms with van der Waals surface area (Å²) in [7, 11) is 0. The number of hydrogen-bond acceptors (Lipinski definition) is 5. The number of halogens is 1. The first-order chi connectivity index (χ1) is 11.9. The summed E-state index contributed by atoms with van der Waals surface area (Å²) in [6, 6.07) is 9.77. The molecule has 0 aliphatic carbocycles. The van der Waals surface area contributed by atoms with Crippen molar-refractivity contribution in [3.8, 4) is 17.2 Å². The predicted octanol–water partition coefficient (Wildman–Crippen LogP) is 4.67. The van der Waals surface area contributed by atoms with Crippen molar-refractivity contribution in [3.63, 3.8) is 0 Å². The number of benzene rings is 2. The zero-order valence-electron chi connectivity index (χ0n) is 14.2. The van der Waals surface area contributed by atoms with Crippen LogP contribution in [-0.4, -0.2) is 25.0 Å². The van der Waals surface area contributed by atoms with E-state index >= 15 is 0 Å². The molecule has 0 bridgehead atoms. The molecule has 0 atom stereocenters. The van der Waals surface area contributed by atoms with E-state index in [4.69, 9.17) is 14.2 Å². The molecule has 0 fully saturated rings. The fourth-order valence-electron chi connectivity index (χ4n) is 2.12. The van der Waals surface area contributed by atoms with Crippen LogP contribution in [0.25, 0.3) is 0 Å². The topological polar surface area (TPSA) is 61.8 Å². The van der Waals surface area contributed by atoms with E-state index in [0.29, 0.717) is 35.5 Å². The summed E-state index contributed by atoms with van der Waals surface area (Å²) in [6.07, 6.45) is 0.621. The smallest absolute Gasteiger partial charge is 0.347 e. The molecule has 0 saturated heterocycles. The Morgan fingerprint density at radius 3 is 2.48 bits per heavy atom. The van der Waals surface area contributed by atoms with Gasteiger partial charge in [-0.15, -0.1) is 0 Å². The Morgan fingerprint density at radius 1 is 1.12 bits per heavy atom. The monoisotopic (exact) mass is 406 g/mol. The summed E-state index contributed by atoms with van der Waals surface area (Å²) in [6.45, 7) is 5.94. The van der Waals surface area contributed by atoms with Gasteiger partial charge in [0.25, 0.3) is 0 Å².